The summed E-state index contributed by atoms with van der Waals surface area (Å²) in [5.74, 6) is 3.52. The zero-order chi connectivity index (χ0) is 18.8. The summed E-state index contributed by atoms with van der Waals surface area (Å²) in [5.41, 5.74) is 0. The van der Waals surface area contributed by atoms with E-state index in [9.17, 15) is 5.11 Å². The highest BCUT2D eigenvalue weighted by Gasteiger charge is 2.26. The highest BCUT2D eigenvalue weighted by atomic mass is 16.3. The molecule has 2 fully saturated rings. The van der Waals surface area contributed by atoms with E-state index in [2.05, 4.69) is 44.4 Å². The molecule has 2 aliphatic heterocycles. The van der Waals surface area contributed by atoms with Crippen LogP contribution in [0, 0.1) is 0 Å². The summed E-state index contributed by atoms with van der Waals surface area (Å²) >= 11 is 0. The molecule has 0 spiro atoms. The van der Waals surface area contributed by atoms with E-state index in [4.69, 9.17) is 4.98 Å². The maximum atomic E-state index is 9.71. The van der Waals surface area contributed by atoms with E-state index < -0.39 is 0 Å². The fourth-order valence-corrected chi connectivity index (χ4v) is 4.18. The number of rotatable bonds is 4. The predicted molar refractivity (Wildman–Crippen MR) is 106 cm³/mol. The van der Waals surface area contributed by atoms with Crippen LogP contribution in [0.15, 0.2) is 24.7 Å². The van der Waals surface area contributed by atoms with Gasteiger partial charge in [-0.25, -0.2) is 9.97 Å². The molecule has 2 saturated heterocycles. The molecule has 2 aliphatic rings. The Bertz CT molecular complexity index is 744. The summed E-state index contributed by atoms with van der Waals surface area (Å²) in [6.07, 6.45) is 9.49. The van der Waals surface area contributed by atoms with Crippen LogP contribution in [0.25, 0.3) is 0 Å². The van der Waals surface area contributed by atoms with Crippen LogP contribution in [0.3, 0.4) is 0 Å². The number of aromatic nitrogens is 4. The van der Waals surface area contributed by atoms with Crippen molar-refractivity contribution in [3.8, 4) is 0 Å². The second-order valence-corrected chi connectivity index (χ2v) is 7.98. The highest BCUT2D eigenvalue weighted by molar-refractivity contribution is 5.44. The van der Waals surface area contributed by atoms with E-state index in [0.29, 0.717) is 12.0 Å². The van der Waals surface area contributed by atoms with Gasteiger partial charge in [-0.1, -0.05) is 0 Å². The highest BCUT2D eigenvalue weighted by Crippen LogP contribution is 2.30. The molecule has 0 bridgehead atoms. The van der Waals surface area contributed by atoms with E-state index in [-0.39, 0.29) is 6.10 Å². The number of aliphatic hydroxyl groups is 1. The van der Waals surface area contributed by atoms with Crippen LogP contribution in [0.4, 0.5) is 11.8 Å². The smallest absolute Gasteiger partial charge is 0.227 e. The lowest BCUT2D eigenvalue weighted by atomic mass is 9.96. The minimum Gasteiger partial charge on any atom is -0.393 e. The van der Waals surface area contributed by atoms with Crippen molar-refractivity contribution in [2.45, 2.75) is 57.6 Å². The van der Waals surface area contributed by atoms with Crippen molar-refractivity contribution in [2.24, 2.45) is 0 Å². The van der Waals surface area contributed by atoms with Gasteiger partial charge in [0.2, 0.25) is 5.95 Å². The maximum Gasteiger partial charge on any atom is 0.227 e. The Morgan fingerprint density at radius 1 is 0.963 bits per heavy atom. The van der Waals surface area contributed by atoms with Crippen molar-refractivity contribution >= 4 is 11.8 Å². The average molecular weight is 371 g/mol. The van der Waals surface area contributed by atoms with Gasteiger partial charge < -0.3 is 19.5 Å². The van der Waals surface area contributed by atoms with Crippen molar-refractivity contribution in [2.75, 3.05) is 36.0 Å². The molecular formula is C20H30N6O. The quantitative estimate of drug-likeness (QED) is 0.892. The van der Waals surface area contributed by atoms with Gasteiger partial charge in [0, 0.05) is 56.7 Å². The van der Waals surface area contributed by atoms with Crippen LogP contribution < -0.4 is 9.80 Å². The zero-order valence-electron chi connectivity index (χ0n) is 16.3. The number of nitrogens with zero attached hydrogens (tertiary/aromatic N) is 6. The summed E-state index contributed by atoms with van der Waals surface area (Å²) in [7, 11) is 0. The normalized spacial score (nSPS) is 19.9. The fourth-order valence-electron chi connectivity index (χ4n) is 4.18. The lowest BCUT2D eigenvalue weighted by Crippen LogP contribution is -2.38. The van der Waals surface area contributed by atoms with Gasteiger partial charge >= 0.3 is 0 Å². The number of imidazole rings is 1. The molecule has 0 unspecified atom stereocenters. The van der Waals surface area contributed by atoms with Crippen LogP contribution in [0.1, 0.15) is 57.3 Å². The molecule has 0 saturated carbocycles. The van der Waals surface area contributed by atoms with E-state index in [1.165, 1.54) is 5.82 Å². The third-order valence-corrected chi connectivity index (χ3v) is 5.81. The molecule has 0 atom stereocenters. The van der Waals surface area contributed by atoms with E-state index >= 15 is 0 Å². The Balaban J connectivity index is 1.41. The molecule has 0 aliphatic carbocycles. The van der Waals surface area contributed by atoms with E-state index in [1.54, 1.807) is 0 Å². The summed E-state index contributed by atoms with van der Waals surface area (Å²) in [5, 5.41) is 9.71. The molecule has 7 nitrogen and oxygen atoms in total. The fraction of sp³-hybridized carbons (Fsp3) is 0.650. The first-order chi connectivity index (χ1) is 13.1. The minimum absolute atomic E-state index is 0.167. The first kappa shape index (κ1) is 18.2. The number of anilines is 2. The largest absolute Gasteiger partial charge is 0.393 e. The van der Waals surface area contributed by atoms with Crippen LogP contribution >= 0.6 is 0 Å². The van der Waals surface area contributed by atoms with Crippen molar-refractivity contribution in [3.05, 3.63) is 30.5 Å². The second-order valence-electron chi connectivity index (χ2n) is 7.98. The average Bonchev–Trinajstić information content (AvgIpc) is 3.19. The topological polar surface area (TPSA) is 70.3 Å². The van der Waals surface area contributed by atoms with E-state index in [0.717, 1.165) is 63.6 Å². The first-order valence-electron chi connectivity index (χ1n) is 10.2. The van der Waals surface area contributed by atoms with E-state index in [1.807, 2.05) is 18.5 Å². The molecule has 0 aromatic carbocycles. The van der Waals surface area contributed by atoms with Gasteiger partial charge in [0.25, 0.3) is 0 Å². The Morgan fingerprint density at radius 3 is 2.37 bits per heavy atom. The van der Waals surface area contributed by atoms with Crippen molar-refractivity contribution < 1.29 is 5.11 Å². The summed E-state index contributed by atoms with van der Waals surface area (Å²) in [6.45, 7) is 8.04. The van der Waals surface area contributed by atoms with Crippen molar-refractivity contribution in [3.63, 3.8) is 0 Å². The van der Waals surface area contributed by atoms with Crippen LogP contribution in [0.2, 0.25) is 0 Å². The number of aliphatic hydroxyl groups excluding tert-OH is 1. The molecule has 2 aromatic rings. The summed E-state index contributed by atoms with van der Waals surface area (Å²) in [6, 6.07) is 2.43. The van der Waals surface area contributed by atoms with Gasteiger partial charge in [0.05, 0.1) is 6.10 Å². The third kappa shape index (κ3) is 3.93. The van der Waals surface area contributed by atoms with Crippen LogP contribution in [0.5, 0.6) is 0 Å². The minimum atomic E-state index is -0.167. The van der Waals surface area contributed by atoms with Gasteiger partial charge in [0.15, 0.2) is 0 Å². The summed E-state index contributed by atoms with van der Waals surface area (Å²) < 4.78 is 2.29. The Labute approximate surface area is 161 Å². The summed E-state index contributed by atoms with van der Waals surface area (Å²) in [4.78, 5) is 18.5. The molecule has 0 radical (unpaired) electrons. The van der Waals surface area contributed by atoms with Gasteiger partial charge in [0.1, 0.15) is 11.6 Å². The maximum absolute atomic E-state index is 9.71. The Kier molecular flexibility index (Phi) is 5.29. The molecule has 4 rings (SSSR count). The van der Waals surface area contributed by atoms with Crippen molar-refractivity contribution in [1.29, 1.82) is 0 Å². The number of piperidine rings is 2. The molecule has 2 aromatic heterocycles. The SMILES string of the molecule is CC(C)n1ccnc1C1CCN(c2nccc(N3CCC(O)CC3)n2)CC1. The standard InChI is InChI=1S/C20H30N6O/c1-15(2)26-14-9-21-19(26)16-4-10-25(11-5-16)20-22-8-3-18(23-20)24-12-6-17(27)7-13-24/h3,8-9,14-17,27H,4-7,10-13H2,1-2H3. The Hall–Kier alpha value is -2.15. The molecule has 4 heterocycles. The molecule has 7 heteroatoms. The lowest BCUT2D eigenvalue weighted by molar-refractivity contribution is 0.145. The monoisotopic (exact) mass is 370 g/mol. The first-order valence-corrected chi connectivity index (χ1v) is 10.2. The molecule has 1 N–H and O–H groups in total. The van der Waals surface area contributed by atoms with Gasteiger partial charge in [-0.15, -0.1) is 0 Å². The van der Waals surface area contributed by atoms with Crippen LogP contribution in [-0.2, 0) is 0 Å². The third-order valence-electron chi connectivity index (χ3n) is 5.81. The Morgan fingerprint density at radius 2 is 1.67 bits per heavy atom. The number of hydrogen-bond acceptors (Lipinski definition) is 6. The lowest BCUT2D eigenvalue weighted by Gasteiger charge is -2.34. The molecule has 146 valence electrons. The van der Waals surface area contributed by atoms with Gasteiger partial charge in [-0.2, -0.15) is 4.98 Å². The zero-order valence-corrected chi connectivity index (χ0v) is 16.3. The number of hydrogen-bond donors (Lipinski definition) is 1. The molecule has 0 amide bonds. The van der Waals surface area contributed by atoms with Gasteiger partial charge in [-0.3, -0.25) is 0 Å². The molecule has 27 heavy (non-hydrogen) atoms. The molecular weight excluding hydrogens is 340 g/mol. The second kappa shape index (κ2) is 7.84. The van der Waals surface area contributed by atoms with Crippen LogP contribution in [-0.4, -0.2) is 56.9 Å². The van der Waals surface area contributed by atoms with Crippen molar-refractivity contribution in [1.82, 2.24) is 19.5 Å². The van der Waals surface area contributed by atoms with Gasteiger partial charge in [-0.05, 0) is 45.6 Å². The predicted octanol–water partition coefficient (Wildman–Crippen LogP) is 2.60.